The molecule has 0 aliphatic rings. The van der Waals surface area contributed by atoms with Gasteiger partial charge in [0, 0.05) is 35.8 Å². The third-order valence-electron chi connectivity index (χ3n) is 4.37. The Kier molecular flexibility index (Phi) is 4.76. The molecule has 0 amide bonds. The highest BCUT2D eigenvalue weighted by Gasteiger charge is 2.34. The fraction of sp³-hybridized carbons (Fsp3) is 0.250. The predicted octanol–water partition coefficient (Wildman–Crippen LogP) is 5.33. The number of rotatable bonds is 4. The van der Waals surface area contributed by atoms with Gasteiger partial charge in [0.2, 0.25) is 0 Å². The van der Waals surface area contributed by atoms with Gasteiger partial charge in [0.15, 0.2) is 0 Å². The number of hydrogen-bond acceptors (Lipinski definition) is 3. The maximum atomic E-state index is 13.3. The first-order valence-electron chi connectivity index (χ1n) is 8.34. The second-order valence-corrected chi connectivity index (χ2v) is 5.89. The molecule has 0 aliphatic heterocycles. The number of benzene rings is 2. The molecule has 0 saturated heterocycles. The number of fused-ring (bicyclic) bond motifs is 1. The minimum absolute atomic E-state index is 0.0963. The Bertz CT molecular complexity index is 988. The van der Waals surface area contributed by atoms with Crippen LogP contribution in [0.15, 0.2) is 57.7 Å². The molecule has 26 heavy (non-hydrogen) atoms. The summed E-state index contributed by atoms with van der Waals surface area (Å²) in [7, 11) is 0. The Balaban J connectivity index is 2.17. The summed E-state index contributed by atoms with van der Waals surface area (Å²) in [6.45, 7) is 5.62. The van der Waals surface area contributed by atoms with Gasteiger partial charge in [-0.05, 0) is 38.1 Å². The summed E-state index contributed by atoms with van der Waals surface area (Å²) in [6, 6.07) is 11.8. The van der Waals surface area contributed by atoms with Crippen LogP contribution in [0.4, 0.5) is 18.9 Å². The highest BCUT2D eigenvalue weighted by Crippen LogP contribution is 2.36. The van der Waals surface area contributed by atoms with Crippen molar-refractivity contribution in [3.05, 3.63) is 64.5 Å². The molecule has 0 radical (unpaired) electrons. The van der Waals surface area contributed by atoms with Gasteiger partial charge in [-0.15, -0.1) is 0 Å². The van der Waals surface area contributed by atoms with Crippen molar-refractivity contribution in [3.8, 4) is 11.1 Å². The first-order chi connectivity index (χ1) is 12.3. The van der Waals surface area contributed by atoms with E-state index in [1.54, 1.807) is 12.1 Å². The summed E-state index contributed by atoms with van der Waals surface area (Å²) in [4.78, 5) is 14.5. The quantitative estimate of drug-likeness (QED) is 0.589. The van der Waals surface area contributed by atoms with Gasteiger partial charge in [-0.1, -0.05) is 18.2 Å². The lowest BCUT2D eigenvalue weighted by atomic mass is 9.99. The number of anilines is 1. The highest BCUT2D eigenvalue weighted by atomic mass is 19.4. The molecule has 136 valence electrons. The maximum Gasteiger partial charge on any atom is 0.417 e. The Labute approximate surface area is 148 Å². The van der Waals surface area contributed by atoms with Crippen molar-refractivity contribution in [1.29, 1.82) is 0 Å². The summed E-state index contributed by atoms with van der Waals surface area (Å²) >= 11 is 0. The monoisotopic (exact) mass is 361 g/mol. The van der Waals surface area contributed by atoms with Crippen molar-refractivity contribution in [1.82, 2.24) is 0 Å². The van der Waals surface area contributed by atoms with Crippen LogP contribution in [0.25, 0.3) is 22.1 Å². The molecule has 6 heteroatoms. The molecule has 0 saturated carbocycles. The number of alkyl halides is 3. The van der Waals surface area contributed by atoms with Crippen molar-refractivity contribution in [2.45, 2.75) is 20.0 Å². The van der Waals surface area contributed by atoms with E-state index in [2.05, 4.69) is 4.90 Å². The molecular weight excluding hydrogens is 343 g/mol. The molecule has 0 aliphatic carbocycles. The molecule has 0 atom stereocenters. The summed E-state index contributed by atoms with van der Waals surface area (Å²) in [5, 5.41) is 0.576. The Morgan fingerprint density at radius 2 is 1.65 bits per heavy atom. The third kappa shape index (κ3) is 3.31. The van der Waals surface area contributed by atoms with Crippen LogP contribution in [-0.2, 0) is 6.18 Å². The van der Waals surface area contributed by atoms with Gasteiger partial charge < -0.3 is 9.32 Å². The summed E-state index contributed by atoms with van der Waals surface area (Å²) < 4.78 is 45.1. The molecule has 2 aromatic carbocycles. The standard InChI is InChI=1S/C20H18F3NO2/c1-3-24(4-2)14-10-9-13-11-16(19(25)26-18(13)12-14)15-7-5-6-8-17(15)20(21,22)23/h5-12H,3-4H2,1-2H3. The SMILES string of the molecule is CCN(CC)c1ccc2cc(-c3ccccc3C(F)(F)F)c(=O)oc2c1. The molecular formula is C20H18F3NO2. The van der Waals surface area contributed by atoms with Crippen LogP contribution in [0.3, 0.4) is 0 Å². The first-order valence-corrected chi connectivity index (χ1v) is 8.34. The summed E-state index contributed by atoms with van der Waals surface area (Å²) in [5.41, 5.74) is -0.663. The van der Waals surface area contributed by atoms with Crippen LogP contribution < -0.4 is 10.5 Å². The Morgan fingerprint density at radius 3 is 2.31 bits per heavy atom. The number of halogens is 3. The van der Waals surface area contributed by atoms with E-state index in [1.165, 1.54) is 24.3 Å². The number of nitrogens with zero attached hydrogens (tertiary/aromatic N) is 1. The molecule has 0 unspecified atom stereocenters. The van der Waals surface area contributed by atoms with Crippen molar-refractivity contribution in [2.24, 2.45) is 0 Å². The van der Waals surface area contributed by atoms with Crippen molar-refractivity contribution in [3.63, 3.8) is 0 Å². The fourth-order valence-electron chi connectivity index (χ4n) is 3.04. The minimum Gasteiger partial charge on any atom is -0.422 e. The lowest BCUT2D eigenvalue weighted by Crippen LogP contribution is -2.21. The van der Waals surface area contributed by atoms with Crippen LogP contribution >= 0.6 is 0 Å². The van der Waals surface area contributed by atoms with Gasteiger partial charge >= 0.3 is 11.8 Å². The Hall–Kier alpha value is -2.76. The van der Waals surface area contributed by atoms with E-state index in [4.69, 9.17) is 4.42 Å². The summed E-state index contributed by atoms with van der Waals surface area (Å²) in [5.74, 6) is 0. The maximum absolute atomic E-state index is 13.3. The van der Waals surface area contributed by atoms with Gasteiger partial charge in [0.05, 0.1) is 11.1 Å². The van der Waals surface area contributed by atoms with Gasteiger partial charge in [0.25, 0.3) is 0 Å². The zero-order valence-corrected chi connectivity index (χ0v) is 14.4. The zero-order valence-electron chi connectivity index (χ0n) is 14.4. The lowest BCUT2D eigenvalue weighted by Gasteiger charge is -2.21. The minimum atomic E-state index is -4.55. The van der Waals surface area contributed by atoms with Crippen molar-refractivity contribution in [2.75, 3.05) is 18.0 Å². The van der Waals surface area contributed by atoms with Crippen LogP contribution in [0.5, 0.6) is 0 Å². The highest BCUT2D eigenvalue weighted by molar-refractivity contribution is 5.85. The molecule has 0 N–H and O–H groups in total. The normalized spacial score (nSPS) is 11.7. The topological polar surface area (TPSA) is 33.5 Å². The predicted molar refractivity (Wildman–Crippen MR) is 96.5 cm³/mol. The molecule has 3 aromatic rings. The van der Waals surface area contributed by atoms with E-state index < -0.39 is 17.4 Å². The molecule has 0 fully saturated rings. The first kappa shape index (κ1) is 18.0. The molecule has 3 rings (SSSR count). The molecule has 0 spiro atoms. The molecule has 1 heterocycles. The third-order valence-corrected chi connectivity index (χ3v) is 4.37. The van der Waals surface area contributed by atoms with E-state index in [0.29, 0.717) is 11.0 Å². The smallest absolute Gasteiger partial charge is 0.417 e. The lowest BCUT2D eigenvalue weighted by molar-refractivity contribution is -0.137. The average molecular weight is 361 g/mol. The van der Waals surface area contributed by atoms with Gasteiger partial charge in [0.1, 0.15) is 5.58 Å². The van der Waals surface area contributed by atoms with E-state index in [9.17, 15) is 18.0 Å². The van der Waals surface area contributed by atoms with E-state index in [1.807, 2.05) is 19.9 Å². The van der Waals surface area contributed by atoms with Gasteiger partial charge in [-0.25, -0.2) is 4.79 Å². The van der Waals surface area contributed by atoms with Gasteiger partial charge in [-0.2, -0.15) is 13.2 Å². The molecule has 3 nitrogen and oxygen atoms in total. The number of hydrogen-bond donors (Lipinski definition) is 0. The molecule has 1 aromatic heterocycles. The summed E-state index contributed by atoms with van der Waals surface area (Å²) in [6.07, 6.45) is -4.55. The van der Waals surface area contributed by atoms with Crippen LogP contribution in [0.1, 0.15) is 19.4 Å². The second-order valence-electron chi connectivity index (χ2n) is 5.89. The molecule has 0 bridgehead atoms. The fourth-order valence-corrected chi connectivity index (χ4v) is 3.04. The van der Waals surface area contributed by atoms with E-state index in [-0.39, 0.29) is 11.1 Å². The van der Waals surface area contributed by atoms with Crippen molar-refractivity contribution >= 4 is 16.7 Å². The van der Waals surface area contributed by atoms with E-state index in [0.717, 1.165) is 24.8 Å². The van der Waals surface area contributed by atoms with Crippen LogP contribution in [-0.4, -0.2) is 13.1 Å². The van der Waals surface area contributed by atoms with Crippen LogP contribution in [0.2, 0.25) is 0 Å². The van der Waals surface area contributed by atoms with Gasteiger partial charge in [-0.3, -0.25) is 0 Å². The second kappa shape index (κ2) is 6.86. The van der Waals surface area contributed by atoms with Crippen LogP contribution in [0, 0.1) is 0 Å². The van der Waals surface area contributed by atoms with Crippen molar-refractivity contribution < 1.29 is 17.6 Å². The Morgan fingerprint density at radius 1 is 0.962 bits per heavy atom. The average Bonchev–Trinajstić information content (AvgIpc) is 2.61. The zero-order chi connectivity index (χ0) is 18.9. The van der Waals surface area contributed by atoms with E-state index >= 15 is 0 Å². The largest absolute Gasteiger partial charge is 0.422 e.